The number of nitrogen functional groups attached to an aromatic ring is 1. The molecule has 0 radical (unpaired) electrons. The standard InChI is InChI=1S/C22H22F6N2O2S/c1-2-7-33(32)12-13-10-30(11-13)20(31)17-9-19(29)16(8-18(17)22(26,27)28)14-3-5-15(6-4-14)21(23,24)25/h3-6,8-9,13H,2,7,10-12,29H2,1H3. The van der Waals surface area contributed by atoms with Gasteiger partial charge in [-0.15, -0.1) is 0 Å². The lowest BCUT2D eigenvalue weighted by Gasteiger charge is -2.39. The number of alkyl halides is 6. The van der Waals surface area contributed by atoms with Crippen LogP contribution in [0.4, 0.5) is 32.0 Å². The Morgan fingerprint density at radius 1 is 1.06 bits per heavy atom. The van der Waals surface area contributed by atoms with Gasteiger partial charge >= 0.3 is 12.4 Å². The molecule has 1 heterocycles. The summed E-state index contributed by atoms with van der Waals surface area (Å²) in [5.41, 5.74) is 2.91. The highest BCUT2D eigenvalue weighted by molar-refractivity contribution is 7.84. The van der Waals surface area contributed by atoms with Crippen LogP contribution in [0.1, 0.15) is 34.8 Å². The Morgan fingerprint density at radius 3 is 2.18 bits per heavy atom. The molecule has 33 heavy (non-hydrogen) atoms. The van der Waals surface area contributed by atoms with E-state index in [0.717, 1.165) is 36.8 Å². The van der Waals surface area contributed by atoms with Crippen molar-refractivity contribution in [3.8, 4) is 11.1 Å². The fourth-order valence-electron chi connectivity index (χ4n) is 3.70. The van der Waals surface area contributed by atoms with E-state index in [0.29, 0.717) is 17.6 Å². The second-order valence-corrected chi connectivity index (χ2v) is 9.57. The first-order valence-electron chi connectivity index (χ1n) is 10.1. The summed E-state index contributed by atoms with van der Waals surface area (Å²) in [6, 6.07) is 5.19. The Hall–Kier alpha value is -2.56. The first-order valence-corrected chi connectivity index (χ1v) is 11.6. The molecule has 0 bridgehead atoms. The molecule has 2 aromatic carbocycles. The van der Waals surface area contributed by atoms with Crippen molar-refractivity contribution in [3.05, 3.63) is 53.1 Å². The zero-order valence-corrected chi connectivity index (χ0v) is 18.4. The van der Waals surface area contributed by atoms with E-state index in [4.69, 9.17) is 5.73 Å². The third kappa shape index (κ3) is 5.69. The molecule has 0 saturated carbocycles. The first-order chi connectivity index (χ1) is 15.3. The van der Waals surface area contributed by atoms with Crippen LogP contribution in [-0.2, 0) is 23.2 Å². The summed E-state index contributed by atoms with van der Waals surface area (Å²) in [5, 5.41) is 0. The van der Waals surface area contributed by atoms with Gasteiger partial charge in [-0.2, -0.15) is 26.3 Å². The number of nitrogens with two attached hydrogens (primary N) is 1. The zero-order valence-electron chi connectivity index (χ0n) is 17.6. The van der Waals surface area contributed by atoms with Gasteiger partial charge in [0, 0.05) is 52.6 Å². The van der Waals surface area contributed by atoms with E-state index >= 15 is 0 Å². The number of likely N-dealkylation sites (tertiary alicyclic amines) is 1. The highest BCUT2D eigenvalue weighted by Gasteiger charge is 2.40. The van der Waals surface area contributed by atoms with Crippen LogP contribution in [0.3, 0.4) is 0 Å². The number of hydrogen-bond donors (Lipinski definition) is 1. The number of anilines is 1. The third-order valence-electron chi connectivity index (χ3n) is 5.35. The van der Waals surface area contributed by atoms with E-state index in [1.807, 2.05) is 6.92 Å². The first kappa shape index (κ1) is 25.1. The number of nitrogens with zero attached hydrogens (tertiary/aromatic N) is 1. The molecule has 1 atom stereocenters. The molecule has 0 aliphatic carbocycles. The van der Waals surface area contributed by atoms with Gasteiger partial charge in [-0.25, -0.2) is 0 Å². The van der Waals surface area contributed by atoms with Crippen molar-refractivity contribution in [3.63, 3.8) is 0 Å². The molecule has 1 unspecified atom stereocenters. The van der Waals surface area contributed by atoms with Gasteiger partial charge in [0.2, 0.25) is 0 Å². The topological polar surface area (TPSA) is 63.4 Å². The number of rotatable bonds is 6. The highest BCUT2D eigenvalue weighted by atomic mass is 32.2. The molecule has 2 N–H and O–H groups in total. The van der Waals surface area contributed by atoms with Gasteiger partial charge in [0.1, 0.15) is 0 Å². The fraction of sp³-hybridized carbons (Fsp3) is 0.409. The van der Waals surface area contributed by atoms with Crippen LogP contribution in [0, 0.1) is 5.92 Å². The van der Waals surface area contributed by atoms with Crippen LogP contribution >= 0.6 is 0 Å². The van der Waals surface area contributed by atoms with Crippen molar-refractivity contribution in [1.82, 2.24) is 4.90 Å². The lowest BCUT2D eigenvalue weighted by Crippen LogP contribution is -2.52. The van der Waals surface area contributed by atoms with Crippen LogP contribution in [0.5, 0.6) is 0 Å². The Kier molecular flexibility index (Phi) is 7.11. The van der Waals surface area contributed by atoms with Gasteiger partial charge in [0.15, 0.2) is 0 Å². The van der Waals surface area contributed by atoms with Crippen molar-refractivity contribution in [2.45, 2.75) is 25.7 Å². The molecule has 1 amide bonds. The van der Waals surface area contributed by atoms with Crippen LogP contribution in [-0.4, -0.2) is 39.6 Å². The van der Waals surface area contributed by atoms with E-state index in [9.17, 15) is 35.3 Å². The zero-order chi connectivity index (χ0) is 24.6. The third-order valence-corrected chi connectivity index (χ3v) is 7.05. The van der Waals surface area contributed by atoms with E-state index < -0.39 is 45.7 Å². The minimum atomic E-state index is -4.88. The quantitative estimate of drug-likeness (QED) is 0.445. The lowest BCUT2D eigenvalue weighted by atomic mass is 9.94. The molecule has 1 aliphatic rings. The maximum atomic E-state index is 13.8. The van der Waals surface area contributed by atoms with Crippen LogP contribution in [0.25, 0.3) is 11.1 Å². The molecule has 3 rings (SSSR count). The predicted molar refractivity (Wildman–Crippen MR) is 114 cm³/mol. The van der Waals surface area contributed by atoms with Crippen LogP contribution in [0.2, 0.25) is 0 Å². The van der Waals surface area contributed by atoms with E-state index in [1.54, 1.807) is 0 Å². The van der Waals surface area contributed by atoms with Crippen molar-refractivity contribution >= 4 is 22.4 Å². The Bertz CT molecular complexity index is 1040. The maximum Gasteiger partial charge on any atom is 0.417 e. The molecule has 1 saturated heterocycles. The lowest BCUT2D eigenvalue weighted by molar-refractivity contribution is -0.138. The van der Waals surface area contributed by atoms with Crippen molar-refractivity contribution < 1.29 is 35.3 Å². The van der Waals surface area contributed by atoms with Gasteiger partial charge in [0.05, 0.1) is 16.7 Å². The number of benzene rings is 2. The molecule has 1 fully saturated rings. The summed E-state index contributed by atoms with van der Waals surface area (Å²) in [6.45, 7) is 2.30. The number of carbonyl (C=O) groups excluding carboxylic acids is 1. The summed E-state index contributed by atoms with van der Waals surface area (Å²) in [6.07, 6.45) is -8.72. The second kappa shape index (κ2) is 9.36. The average Bonchev–Trinajstić information content (AvgIpc) is 2.68. The Balaban J connectivity index is 1.87. The number of carbonyl (C=O) groups is 1. The van der Waals surface area contributed by atoms with Crippen LogP contribution < -0.4 is 5.73 Å². The molecule has 11 heteroatoms. The average molecular weight is 492 g/mol. The Labute approximate surface area is 189 Å². The molecule has 1 aliphatic heterocycles. The molecule has 0 spiro atoms. The molecular formula is C22H22F6N2O2S. The number of amides is 1. The molecule has 4 nitrogen and oxygen atoms in total. The van der Waals surface area contributed by atoms with Crippen molar-refractivity contribution in [2.75, 3.05) is 30.3 Å². The van der Waals surface area contributed by atoms with Crippen LogP contribution in [0.15, 0.2) is 36.4 Å². The number of hydrogen-bond acceptors (Lipinski definition) is 3. The molecule has 0 aromatic heterocycles. The summed E-state index contributed by atoms with van der Waals surface area (Å²) in [7, 11) is -1.03. The van der Waals surface area contributed by atoms with E-state index in [1.165, 1.54) is 4.90 Å². The summed E-state index contributed by atoms with van der Waals surface area (Å²) in [4.78, 5) is 14.0. The van der Waals surface area contributed by atoms with Gasteiger partial charge in [-0.05, 0) is 36.2 Å². The smallest absolute Gasteiger partial charge is 0.398 e. The monoisotopic (exact) mass is 492 g/mol. The van der Waals surface area contributed by atoms with E-state index in [2.05, 4.69) is 0 Å². The van der Waals surface area contributed by atoms with Gasteiger partial charge in [-0.3, -0.25) is 9.00 Å². The van der Waals surface area contributed by atoms with Gasteiger partial charge < -0.3 is 10.6 Å². The molecular weight excluding hydrogens is 470 g/mol. The minimum Gasteiger partial charge on any atom is -0.398 e. The minimum absolute atomic E-state index is 0.0422. The van der Waals surface area contributed by atoms with Crippen molar-refractivity contribution in [1.29, 1.82) is 0 Å². The summed E-state index contributed by atoms with van der Waals surface area (Å²) in [5.74, 6) is 0.0357. The largest absolute Gasteiger partial charge is 0.417 e. The van der Waals surface area contributed by atoms with Crippen molar-refractivity contribution in [2.24, 2.45) is 5.92 Å². The highest BCUT2D eigenvalue weighted by Crippen LogP contribution is 2.40. The van der Waals surface area contributed by atoms with E-state index in [-0.39, 0.29) is 35.8 Å². The molecule has 180 valence electrons. The predicted octanol–water partition coefficient (Wildman–Crippen LogP) is 5.20. The second-order valence-electron chi connectivity index (χ2n) is 7.94. The number of halogens is 6. The maximum absolute atomic E-state index is 13.8. The SMILES string of the molecule is CCCS(=O)CC1CN(C(=O)c2cc(N)c(-c3ccc(C(F)(F)F)cc3)cc2C(F)(F)F)C1. The molecule has 2 aromatic rings. The van der Waals surface area contributed by atoms with Gasteiger partial charge in [0.25, 0.3) is 5.91 Å². The fourth-order valence-corrected chi connectivity index (χ4v) is 5.06. The summed E-state index contributed by atoms with van der Waals surface area (Å²) >= 11 is 0. The Morgan fingerprint density at radius 2 is 1.67 bits per heavy atom. The normalized spacial score (nSPS) is 15.9. The van der Waals surface area contributed by atoms with Gasteiger partial charge in [-0.1, -0.05) is 19.1 Å². The summed E-state index contributed by atoms with van der Waals surface area (Å²) < 4.78 is 91.5.